The molecule has 4 rings (SSSR count). The zero-order valence-corrected chi connectivity index (χ0v) is 21.9. The number of hydrogen-bond acceptors (Lipinski definition) is 8. The number of carbonyl (C=O) groups excluding carboxylic acids is 1. The summed E-state index contributed by atoms with van der Waals surface area (Å²) in [7, 11) is 4.71. The molecule has 9 heteroatoms. The molecule has 36 heavy (non-hydrogen) atoms. The van der Waals surface area contributed by atoms with Gasteiger partial charge >= 0.3 is 5.97 Å². The molecule has 1 aliphatic heterocycles. The summed E-state index contributed by atoms with van der Waals surface area (Å²) >= 11 is 1.27. The second-order valence-corrected chi connectivity index (χ2v) is 9.14. The Balaban J connectivity index is 2.00. The van der Waals surface area contributed by atoms with E-state index >= 15 is 0 Å². The fourth-order valence-corrected chi connectivity index (χ4v) is 5.25. The van der Waals surface area contributed by atoms with Crippen molar-refractivity contribution < 1.29 is 23.7 Å². The maximum atomic E-state index is 13.8. The summed E-state index contributed by atoms with van der Waals surface area (Å²) in [5.41, 5.74) is 2.95. The zero-order chi connectivity index (χ0) is 26.0. The Bertz CT molecular complexity index is 1530. The van der Waals surface area contributed by atoms with Gasteiger partial charge in [-0.15, -0.1) is 0 Å². The number of carbonyl (C=O) groups is 1. The molecule has 3 aromatic rings. The molecule has 0 amide bonds. The van der Waals surface area contributed by atoms with Crippen molar-refractivity contribution in [2.75, 3.05) is 27.9 Å². The smallest absolute Gasteiger partial charge is 0.338 e. The summed E-state index contributed by atoms with van der Waals surface area (Å²) < 4.78 is 23.8. The standard InChI is InChI=1S/C27H28N2O6S/c1-7-35-26(31)23-16(3)28-27-29(24(23)20-14-19(33-5)10-11-21(20)34-6)25(30)22(36-27)13-17-8-9-18(32-4)12-15(17)2/h8-14,24H,7H2,1-6H3/t24-/m0/s1. The van der Waals surface area contributed by atoms with Crippen molar-refractivity contribution in [1.82, 2.24) is 4.57 Å². The molecule has 1 atom stereocenters. The Morgan fingerprint density at radius 1 is 1.06 bits per heavy atom. The van der Waals surface area contributed by atoms with Crippen molar-refractivity contribution in [3.05, 3.63) is 84.0 Å². The number of aromatic nitrogens is 1. The summed E-state index contributed by atoms with van der Waals surface area (Å²) in [6, 6.07) is 10.2. The minimum Gasteiger partial charge on any atom is -0.497 e. The largest absolute Gasteiger partial charge is 0.497 e. The first-order valence-corrected chi connectivity index (χ1v) is 12.2. The van der Waals surface area contributed by atoms with Crippen LogP contribution in [0.3, 0.4) is 0 Å². The number of esters is 1. The van der Waals surface area contributed by atoms with Crippen molar-refractivity contribution in [3.63, 3.8) is 0 Å². The van der Waals surface area contributed by atoms with Crippen LogP contribution in [0.1, 0.15) is 36.6 Å². The van der Waals surface area contributed by atoms with Gasteiger partial charge in [0, 0.05) is 5.56 Å². The Hall–Kier alpha value is -3.85. The number of nitrogens with zero attached hydrogens (tertiary/aromatic N) is 2. The van der Waals surface area contributed by atoms with Crippen LogP contribution in [-0.4, -0.2) is 38.5 Å². The summed E-state index contributed by atoms with van der Waals surface area (Å²) in [4.78, 5) is 32.1. The van der Waals surface area contributed by atoms with Crippen molar-refractivity contribution in [2.45, 2.75) is 26.8 Å². The molecule has 0 saturated heterocycles. The van der Waals surface area contributed by atoms with E-state index in [2.05, 4.69) is 4.99 Å². The highest BCUT2D eigenvalue weighted by atomic mass is 32.1. The van der Waals surface area contributed by atoms with Gasteiger partial charge in [-0.25, -0.2) is 9.79 Å². The molecule has 188 valence electrons. The topological polar surface area (TPSA) is 88.4 Å². The van der Waals surface area contributed by atoms with Gasteiger partial charge in [-0.1, -0.05) is 17.4 Å². The van der Waals surface area contributed by atoms with Crippen LogP contribution in [0.4, 0.5) is 0 Å². The van der Waals surface area contributed by atoms with Gasteiger partial charge in [0.05, 0.1) is 43.7 Å². The number of hydrogen-bond donors (Lipinski definition) is 0. The zero-order valence-electron chi connectivity index (χ0n) is 21.1. The number of aryl methyl sites for hydroxylation is 1. The molecule has 0 fully saturated rings. The molecule has 0 radical (unpaired) electrons. The maximum absolute atomic E-state index is 13.8. The molecule has 0 bridgehead atoms. The number of ether oxygens (including phenoxy) is 4. The van der Waals surface area contributed by atoms with Crippen molar-refractivity contribution in [2.24, 2.45) is 4.99 Å². The van der Waals surface area contributed by atoms with E-state index in [1.807, 2.05) is 31.2 Å². The fraction of sp³-hybridized carbons (Fsp3) is 0.296. The minimum absolute atomic E-state index is 0.193. The van der Waals surface area contributed by atoms with E-state index < -0.39 is 12.0 Å². The number of allylic oxidation sites excluding steroid dienone is 1. The van der Waals surface area contributed by atoms with Crippen LogP contribution in [-0.2, 0) is 9.53 Å². The third-order valence-corrected chi connectivity index (χ3v) is 6.99. The van der Waals surface area contributed by atoms with Gasteiger partial charge in [0.1, 0.15) is 23.3 Å². The van der Waals surface area contributed by atoms with Crippen molar-refractivity contribution in [1.29, 1.82) is 0 Å². The summed E-state index contributed by atoms with van der Waals surface area (Å²) in [6.45, 7) is 5.63. The monoisotopic (exact) mass is 508 g/mol. The summed E-state index contributed by atoms with van der Waals surface area (Å²) in [6.07, 6.45) is 1.84. The molecule has 0 aliphatic carbocycles. The highest BCUT2D eigenvalue weighted by Crippen LogP contribution is 2.37. The molecule has 1 aliphatic rings. The number of methoxy groups -OCH3 is 3. The van der Waals surface area contributed by atoms with Crippen molar-refractivity contribution >= 4 is 23.4 Å². The first-order chi connectivity index (χ1) is 17.3. The van der Waals surface area contributed by atoms with E-state index in [1.165, 1.54) is 15.9 Å². The summed E-state index contributed by atoms with van der Waals surface area (Å²) in [5.74, 6) is 1.29. The Labute approximate surface area is 212 Å². The normalized spacial score (nSPS) is 15.3. The highest BCUT2D eigenvalue weighted by Gasteiger charge is 2.35. The molecule has 1 aromatic heterocycles. The SMILES string of the molecule is CCOC(=O)C1=C(C)N=c2sc(=Cc3ccc(OC)cc3C)c(=O)n2[C@H]1c1cc(OC)ccc1OC. The third kappa shape index (κ3) is 4.54. The van der Waals surface area contributed by atoms with Crippen LogP contribution in [0, 0.1) is 6.92 Å². The molecule has 0 N–H and O–H groups in total. The lowest BCUT2D eigenvalue weighted by Crippen LogP contribution is -2.40. The van der Waals surface area contributed by atoms with E-state index in [0.29, 0.717) is 32.1 Å². The first kappa shape index (κ1) is 25.2. The van der Waals surface area contributed by atoms with Crippen LogP contribution < -0.4 is 29.1 Å². The van der Waals surface area contributed by atoms with Crippen molar-refractivity contribution in [3.8, 4) is 17.2 Å². The van der Waals surface area contributed by atoms with E-state index in [1.54, 1.807) is 53.4 Å². The molecule has 0 saturated carbocycles. The van der Waals surface area contributed by atoms with Gasteiger partial charge in [0.2, 0.25) is 0 Å². The summed E-state index contributed by atoms with van der Waals surface area (Å²) in [5, 5.41) is 0. The lowest BCUT2D eigenvalue weighted by atomic mass is 9.94. The molecule has 2 heterocycles. The van der Waals surface area contributed by atoms with Gasteiger partial charge in [0.15, 0.2) is 4.80 Å². The molecule has 0 unspecified atom stereocenters. The minimum atomic E-state index is -0.801. The molecular formula is C27H28N2O6S. The Morgan fingerprint density at radius 2 is 1.75 bits per heavy atom. The van der Waals surface area contributed by atoms with Gasteiger partial charge in [0.25, 0.3) is 5.56 Å². The van der Waals surface area contributed by atoms with Crippen LogP contribution in [0.15, 0.2) is 57.5 Å². The Morgan fingerprint density at radius 3 is 2.39 bits per heavy atom. The van der Waals surface area contributed by atoms with Gasteiger partial charge in [-0.3, -0.25) is 9.36 Å². The molecular weight excluding hydrogens is 480 g/mol. The fourth-order valence-electron chi connectivity index (χ4n) is 4.22. The second kappa shape index (κ2) is 10.4. The first-order valence-electron chi connectivity index (χ1n) is 11.4. The van der Waals surface area contributed by atoms with Gasteiger partial charge in [-0.05, 0) is 68.3 Å². The second-order valence-electron chi connectivity index (χ2n) is 8.13. The average molecular weight is 509 g/mol. The third-order valence-electron chi connectivity index (χ3n) is 6.01. The van der Waals surface area contributed by atoms with E-state index in [-0.39, 0.29) is 17.7 Å². The molecule has 8 nitrogen and oxygen atoms in total. The number of fused-ring (bicyclic) bond motifs is 1. The maximum Gasteiger partial charge on any atom is 0.338 e. The quantitative estimate of drug-likeness (QED) is 0.456. The Kier molecular flexibility index (Phi) is 7.30. The molecule has 2 aromatic carbocycles. The predicted molar refractivity (Wildman–Crippen MR) is 138 cm³/mol. The average Bonchev–Trinajstić information content (AvgIpc) is 3.18. The van der Waals surface area contributed by atoms with Crippen LogP contribution in [0.5, 0.6) is 17.2 Å². The van der Waals surface area contributed by atoms with E-state index in [4.69, 9.17) is 18.9 Å². The number of thiazole rings is 1. The van der Waals surface area contributed by atoms with Gasteiger partial charge in [-0.2, -0.15) is 0 Å². The van der Waals surface area contributed by atoms with E-state index in [0.717, 1.165) is 16.9 Å². The molecule has 0 spiro atoms. The van der Waals surface area contributed by atoms with Gasteiger partial charge < -0.3 is 18.9 Å². The van der Waals surface area contributed by atoms with Crippen LogP contribution in [0.25, 0.3) is 6.08 Å². The number of rotatable bonds is 7. The van der Waals surface area contributed by atoms with Crippen LogP contribution in [0.2, 0.25) is 0 Å². The highest BCUT2D eigenvalue weighted by molar-refractivity contribution is 7.07. The number of benzene rings is 2. The lowest BCUT2D eigenvalue weighted by Gasteiger charge is -2.26. The predicted octanol–water partition coefficient (Wildman–Crippen LogP) is 3.13. The van der Waals surface area contributed by atoms with E-state index in [9.17, 15) is 9.59 Å². The van der Waals surface area contributed by atoms with Crippen LogP contribution >= 0.6 is 11.3 Å². The lowest BCUT2D eigenvalue weighted by molar-refractivity contribution is -0.139.